The molecule has 3 unspecified atom stereocenters. The second-order valence-corrected chi connectivity index (χ2v) is 9.28. The van der Waals surface area contributed by atoms with Gasteiger partial charge in [0.15, 0.2) is 0 Å². The van der Waals surface area contributed by atoms with Gasteiger partial charge in [-0.25, -0.2) is 4.98 Å². The first-order valence-electron chi connectivity index (χ1n) is 10.4. The molecule has 0 fully saturated rings. The number of benzene rings is 1. The molecule has 7 heteroatoms. The van der Waals surface area contributed by atoms with Crippen molar-refractivity contribution < 1.29 is 9.47 Å². The Morgan fingerprint density at radius 1 is 1.23 bits per heavy atom. The van der Waals surface area contributed by atoms with E-state index in [1.165, 1.54) is 10.4 Å². The topological polar surface area (TPSA) is 76.2 Å². The van der Waals surface area contributed by atoms with E-state index in [0.717, 1.165) is 46.5 Å². The lowest BCUT2D eigenvalue weighted by atomic mass is 9.89. The number of aromatic amines is 1. The van der Waals surface area contributed by atoms with Crippen molar-refractivity contribution in [1.29, 1.82) is 0 Å². The minimum absolute atomic E-state index is 0.0246. The smallest absolute Gasteiger partial charge is 0.259 e. The normalized spacial score (nSPS) is 18.1. The molecule has 2 aromatic heterocycles. The molecule has 0 amide bonds. The van der Waals surface area contributed by atoms with E-state index >= 15 is 0 Å². The molecule has 0 aliphatic heterocycles. The first kappa shape index (κ1) is 20.9. The van der Waals surface area contributed by atoms with Gasteiger partial charge in [0.2, 0.25) is 0 Å². The molecular formula is C23H29N3O3S. The fourth-order valence-corrected chi connectivity index (χ4v) is 5.68. The number of thiophene rings is 1. The van der Waals surface area contributed by atoms with Gasteiger partial charge >= 0.3 is 0 Å². The van der Waals surface area contributed by atoms with E-state index in [-0.39, 0.29) is 17.6 Å². The van der Waals surface area contributed by atoms with Crippen molar-refractivity contribution >= 4 is 21.6 Å². The molecule has 6 nitrogen and oxygen atoms in total. The molecular weight excluding hydrogens is 398 g/mol. The van der Waals surface area contributed by atoms with E-state index in [2.05, 4.69) is 24.1 Å². The second-order valence-electron chi connectivity index (χ2n) is 8.20. The fourth-order valence-electron chi connectivity index (χ4n) is 4.29. The summed E-state index contributed by atoms with van der Waals surface area (Å²) in [5, 5.41) is 4.33. The summed E-state index contributed by atoms with van der Waals surface area (Å²) in [7, 11) is 3.31. The lowest BCUT2D eigenvalue weighted by Crippen LogP contribution is -2.26. The van der Waals surface area contributed by atoms with E-state index in [0.29, 0.717) is 11.7 Å². The highest BCUT2D eigenvalue weighted by Crippen LogP contribution is 2.36. The molecule has 3 aromatic rings. The van der Waals surface area contributed by atoms with Crippen LogP contribution in [0.2, 0.25) is 0 Å². The average Bonchev–Trinajstić information content (AvgIpc) is 3.10. The number of fused-ring (bicyclic) bond motifs is 3. The van der Waals surface area contributed by atoms with Crippen LogP contribution in [0.4, 0.5) is 0 Å². The number of nitrogens with zero attached hydrogens (tertiary/aromatic N) is 1. The van der Waals surface area contributed by atoms with Gasteiger partial charge in [-0.1, -0.05) is 6.92 Å². The zero-order chi connectivity index (χ0) is 21.4. The summed E-state index contributed by atoms with van der Waals surface area (Å²) < 4.78 is 10.9. The van der Waals surface area contributed by atoms with E-state index in [4.69, 9.17) is 14.5 Å². The Bertz CT molecular complexity index is 1120. The minimum atomic E-state index is -0.133. The van der Waals surface area contributed by atoms with Gasteiger partial charge < -0.3 is 19.8 Å². The zero-order valence-corrected chi connectivity index (χ0v) is 19.0. The zero-order valence-electron chi connectivity index (χ0n) is 18.2. The molecule has 1 aliphatic carbocycles. The fraction of sp³-hybridized carbons (Fsp3) is 0.478. The first-order chi connectivity index (χ1) is 14.4. The van der Waals surface area contributed by atoms with Gasteiger partial charge in [-0.15, -0.1) is 11.3 Å². The third-order valence-electron chi connectivity index (χ3n) is 6.00. The van der Waals surface area contributed by atoms with Crippen LogP contribution in [0.3, 0.4) is 0 Å². The SMILES string of the molecule is COc1ccc(OC)c(C(C)NC(C)c2nc3sc4c(c3c(=O)[nH]2)CCC(C)C4)c1. The molecule has 0 radical (unpaired) electrons. The predicted octanol–water partition coefficient (Wildman–Crippen LogP) is 4.54. The molecule has 2 heterocycles. The van der Waals surface area contributed by atoms with Gasteiger partial charge in [0.25, 0.3) is 5.56 Å². The van der Waals surface area contributed by atoms with Crippen LogP contribution in [-0.4, -0.2) is 24.2 Å². The maximum atomic E-state index is 12.9. The van der Waals surface area contributed by atoms with Crippen molar-refractivity contribution in [1.82, 2.24) is 15.3 Å². The predicted molar refractivity (Wildman–Crippen MR) is 121 cm³/mol. The minimum Gasteiger partial charge on any atom is -0.497 e. The summed E-state index contributed by atoms with van der Waals surface area (Å²) in [6.07, 6.45) is 3.16. The van der Waals surface area contributed by atoms with Crippen LogP contribution < -0.4 is 20.3 Å². The van der Waals surface area contributed by atoms with Gasteiger partial charge in [-0.3, -0.25) is 4.79 Å². The highest BCUT2D eigenvalue weighted by molar-refractivity contribution is 7.18. The lowest BCUT2D eigenvalue weighted by Gasteiger charge is -2.22. The maximum absolute atomic E-state index is 12.9. The van der Waals surface area contributed by atoms with E-state index in [1.807, 2.05) is 25.1 Å². The Morgan fingerprint density at radius 2 is 2.03 bits per heavy atom. The first-order valence-corrected chi connectivity index (χ1v) is 11.2. The second kappa shape index (κ2) is 8.40. The van der Waals surface area contributed by atoms with Gasteiger partial charge in [0, 0.05) is 16.5 Å². The van der Waals surface area contributed by atoms with Gasteiger partial charge in [-0.05, 0) is 62.8 Å². The molecule has 160 valence electrons. The molecule has 1 aliphatic rings. The molecule has 0 saturated heterocycles. The summed E-state index contributed by atoms with van der Waals surface area (Å²) in [6, 6.07) is 5.59. The summed E-state index contributed by atoms with van der Waals surface area (Å²) in [5.74, 6) is 2.90. The van der Waals surface area contributed by atoms with E-state index in [9.17, 15) is 4.79 Å². The van der Waals surface area contributed by atoms with Gasteiger partial charge in [0.05, 0.1) is 25.6 Å². The largest absolute Gasteiger partial charge is 0.497 e. The quantitative estimate of drug-likeness (QED) is 0.604. The molecule has 0 saturated carbocycles. The molecule has 4 rings (SSSR count). The highest BCUT2D eigenvalue weighted by Gasteiger charge is 2.24. The molecule has 0 bridgehead atoms. The standard InChI is InChI=1S/C23H29N3O3S/c1-12-6-8-16-19(10-12)30-23-20(16)22(27)25-21(26-23)14(3)24-13(2)17-11-15(28-4)7-9-18(17)29-5/h7,9,11-14,24H,6,8,10H2,1-5H3,(H,25,26,27). The third kappa shape index (κ3) is 3.84. The Kier molecular flexibility index (Phi) is 5.84. The Balaban J connectivity index is 1.62. The van der Waals surface area contributed by atoms with Crippen LogP contribution >= 0.6 is 11.3 Å². The number of hydrogen-bond acceptors (Lipinski definition) is 6. The summed E-state index contributed by atoms with van der Waals surface area (Å²) in [6.45, 7) is 6.36. The molecule has 30 heavy (non-hydrogen) atoms. The maximum Gasteiger partial charge on any atom is 0.259 e. The Labute approximate surface area is 180 Å². The van der Waals surface area contributed by atoms with Crippen LogP contribution in [0.5, 0.6) is 11.5 Å². The molecule has 3 atom stereocenters. The van der Waals surface area contributed by atoms with Crippen LogP contribution in [0, 0.1) is 5.92 Å². The molecule has 1 aromatic carbocycles. The summed E-state index contributed by atoms with van der Waals surface area (Å²) in [5.41, 5.74) is 2.18. The number of rotatable bonds is 6. The third-order valence-corrected chi connectivity index (χ3v) is 7.15. The van der Waals surface area contributed by atoms with Crippen molar-refractivity contribution in [3.05, 3.63) is 50.4 Å². The van der Waals surface area contributed by atoms with Gasteiger partial charge in [0.1, 0.15) is 22.2 Å². The Hall–Kier alpha value is -2.38. The average molecular weight is 428 g/mol. The molecule has 0 spiro atoms. The summed E-state index contributed by atoms with van der Waals surface area (Å²) >= 11 is 1.68. The van der Waals surface area contributed by atoms with Crippen LogP contribution in [0.25, 0.3) is 10.2 Å². The number of ether oxygens (including phenoxy) is 2. The van der Waals surface area contributed by atoms with Crippen LogP contribution in [-0.2, 0) is 12.8 Å². The number of aryl methyl sites for hydroxylation is 1. The number of H-pyrrole nitrogens is 1. The lowest BCUT2D eigenvalue weighted by molar-refractivity contribution is 0.386. The summed E-state index contributed by atoms with van der Waals surface area (Å²) in [4.78, 5) is 22.9. The van der Waals surface area contributed by atoms with Crippen molar-refractivity contribution in [2.75, 3.05) is 14.2 Å². The monoisotopic (exact) mass is 427 g/mol. The van der Waals surface area contributed by atoms with Crippen molar-refractivity contribution in [3.8, 4) is 11.5 Å². The van der Waals surface area contributed by atoms with Crippen molar-refractivity contribution in [2.24, 2.45) is 5.92 Å². The van der Waals surface area contributed by atoms with Gasteiger partial charge in [-0.2, -0.15) is 0 Å². The number of aromatic nitrogens is 2. The van der Waals surface area contributed by atoms with E-state index < -0.39 is 0 Å². The van der Waals surface area contributed by atoms with Crippen LogP contribution in [0.1, 0.15) is 61.1 Å². The van der Waals surface area contributed by atoms with E-state index in [1.54, 1.807) is 25.6 Å². The number of hydrogen-bond donors (Lipinski definition) is 2. The van der Waals surface area contributed by atoms with Crippen molar-refractivity contribution in [2.45, 2.75) is 52.1 Å². The number of methoxy groups -OCH3 is 2. The highest BCUT2D eigenvalue weighted by atomic mass is 32.1. The molecule has 2 N–H and O–H groups in total. The number of nitrogens with one attached hydrogen (secondary N) is 2. The van der Waals surface area contributed by atoms with Crippen LogP contribution in [0.15, 0.2) is 23.0 Å². The Morgan fingerprint density at radius 3 is 2.77 bits per heavy atom. The van der Waals surface area contributed by atoms with Crippen molar-refractivity contribution in [3.63, 3.8) is 0 Å².